The lowest BCUT2D eigenvalue weighted by atomic mass is 10.4. The number of nitrogens with one attached hydrogen (secondary N) is 3. The van der Waals surface area contributed by atoms with Gasteiger partial charge in [-0.3, -0.25) is 10.6 Å². The summed E-state index contributed by atoms with van der Waals surface area (Å²) in [6.07, 6.45) is 0. The van der Waals surface area contributed by atoms with Crippen molar-refractivity contribution in [1.29, 1.82) is 0 Å². The molecule has 0 aliphatic carbocycles. The lowest BCUT2D eigenvalue weighted by Crippen LogP contribution is -2.62. The van der Waals surface area contributed by atoms with Gasteiger partial charge in [0.05, 0.1) is 0 Å². The first-order valence-electron chi connectivity index (χ1n) is 2.87. The highest BCUT2D eigenvalue weighted by atomic mass is 35.6. The molecule has 0 rings (SSSR count). The maximum atomic E-state index is 5.59. The number of halogens is 1. The molecular formula is C4H14ClN3Si. The van der Waals surface area contributed by atoms with Gasteiger partial charge in [0.15, 0.2) is 8.99 Å². The molecule has 0 saturated carbocycles. The molecule has 0 heterocycles. The molecule has 0 bridgehead atoms. The lowest BCUT2D eigenvalue weighted by Gasteiger charge is -2.28. The van der Waals surface area contributed by atoms with Crippen molar-refractivity contribution < 1.29 is 0 Å². The van der Waals surface area contributed by atoms with E-state index in [4.69, 9.17) is 11.1 Å². The maximum absolute atomic E-state index is 5.59. The molecule has 0 aromatic rings. The largest absolute Gasteiger partial charge is 0.301 e. The predicted molar refractivity (Wildman–Crippen MR) is 44.1 cm³/mol. The predicted octanol–water partition coefficient (Wildman–Crippen LogP) is -1.07. The molecule has 0 atom stereocenters. The summed E-state index contributed by atoms with van der Waals surface area (Å²) in [5.41, 5.74) is 0. The van der Waals surface area contributed by atoms with Gasteiger partial charge in [-0.15, -0.1) is 0 Å². The van der Waals surface area contributed by atoms with Crippen LogP contribution in [-0.2, 0) is 0 Å². The Morgan fingerprint density at radius 2 is 1.78 bits per heavy atom. The van der Waals surface area contributed by atoms with E-state index in [2.05, 4.69) is 15.6 Å². The first-order chi connectivity index (χ1) is 4.18. The van der Waals surface area contributed by atoms with Gasteiger partial charge < -0.3 is 4.98 Å². The van der Waals surface area contributed by atoms with Gasteiger partial charge in [-0.1, -0.05) is 0 Å². The fourth-order valence-corrected chi connectivity index (χ4v) is 1.86. The third kappa shape index (κ3) is 3.17. The standard InChI is InChI=1S/C4H14ClN3Si/c1-4(6-2,7-3)8-9-5/h6-8H,9H2,1-3H3. The molecule has 0 aromatic heterocycles. The third-order valence-corrected chi connectivity index (χ3v) is 2.66. The van der Waals surface area contributed by atoms with Gasteiger partial charge in [0.25, 0.3) is 0 Å². The van der Waals surface area contributed by atoms with Crippen LogP contribution in [0.4, 0.5) is 0 Å². The van der Waals surface area contributed by atoms with Gasteiger partial charge in [-0.05, 0) is 21.0 Å². The topological polar surface area (TPSA) is 36.1 Å². The van der Waals surface area contributed by atoms with Crippen molar-refractivity contribution in [2.24, 2.45) is 0 Å². The quantitative estimate of drug-likeness (QED) is 0.284. The summed E-state index contributed by atoms with van der Waals surface area (Å²) in [4.78, 5) is 3.14. The third-order valence-electron chi connectivity index (χ3n) is 1.42. The number of hydrogen-bond donors (Lipinski definition) is 3. The fourth-order valence-electron chi connectivity index (χ4n) is 0.435. The van der Waals surface area contributed by atoms with Crippen molar-refractivity contribution >= 4 is 20.1 Å². The number of rotatable bonds is 4. The van der Waals surface area contributed by atoms with E-state index in [-0.39, 0.29) is 5.79 Å². The second kappa shape index (κ2) is 4.24. The van der Waals surface area contributed by atoms with Crippen LogP contribution in [-0.4, -0.2) is 28.9 Å². The van der Waals surface area contributed by atoms with Gasteiger partial charge in [0.1, 0.15) is 5.79 Å². The van der Waals surface area contributed by atoms with Crippen molar-refractivity contribution in [2.45, 2.75) is 12.7 Å². The van der Waals surface area contributed by atoms with Crippen LogP contribution in [0.15, 0.2) is 0 Å². The second-order valence-corrected chi connectivity index (χ2v) is 3.36. The smallest absolute Gasteiger partial charge is 0.197 e. The Kier molecular flexibility index (Phi) is 4.42. The minimum atomic E-state index is -0.615. The monoisotopic (exact) mass is 167 g/mol. The fraction of sp³-hybridized carbons (Fsp3) is 1.00. The molecule has 0 saturated heterocycles. The zero-order valence-corrected chi connectivity index (χ0v) is 8.26. The van der Waals surface area contributed by atoms with Gasteiger partial charge in [-0.2, -0.15) is 11.1 Å². The van der Waals surface area contributed by atoms with E-state index in [0.29, 0.717) is 0 Å². The van der Waals surface area contributed by atoms with Gasteiger partial charge in [0, 0.05) is 0 Å². The molecular weight excluding hydrogens is 154 g/mol. The number of hydrogen-bond acceptors (Lipinski definition) is 3. The molecule has 0 aromatic carbocycles. The molecule has 0 radical (unpaired) electrons. The van der Waals surface area contributed by atoms with E-state index in [1.165, 1.54) is 0 Å². The van der Waals surface area contributed by atoms with Crippen molar-refractivity contribution in [3.05, 3.63) is 0 Å². The van der Waals surface area contributed by atoms with Crippen LogP contribution in [0.5, 0.6) is 0 Å². The summed E-state index contributed by atoms with van der Waals surface area (Å²) in [5.74, 6) is -0.187. The molecule has 0 aliphatic heterocycles. The molecule has 5 heteroatoms. The van der Waals surface area contributed by atoms with Crippen LogP contribution >= 0.6 is 11.1 Å². The SMILES string of the molecule is CNC(C)(NC)N[SiH2]Cl. The van der Waals surface area contributed by atoms with Crippen molar-refractivity contribution in [3.63, 3.8) is 0 Å². The molecule has 56 valence electrons. The maximum Gasteiger partial charge on any atom is 0.197 e. The summed E-state index contributed by atoms with van der Waals surface area (Å²) >= 11 is 5.59. The summed E-state index contributed by atoms with van der Waals surface area (Å²) in [6, 6.07) is 0. The van der Waals surface area contributed by atoms with Gasteiger partial charge in [-0.25, -0.2) is 0 Å². The average Bonchev–Trinajstić information content (AvgIpc) is 1.89. The molecule has 0 aliphatic rings. The van der Waals surface area contributed by atoms with Crippen LogP contribution in [0.3, 0.4) is 0 Å². The van der Waals surface area contributed by atoms with E-state index in [9.17, 15) is 0 Å². The Balaban J connectivity index is 3.62. The van der Waals surface area contributed by atoms with E-state index in [1.807, 2.05) is 21.0 Å². The van der Waals surface area contributed by atoms with Crippen LogP contribution < -0.4 is 15.6 Å². The van der Waals surface area contributed by atoms with E-state index in [0.717, 1.165) is 0 Å². The van der Waals surface area contributed by atoms with Crippen LogP contribution in [0.2, 0.25) is 0 Å². The molecule has 3 nitrogen and oxygen atoms in total. The summed E-state index contributed by atoms with van der Waals surface area (Å²) in [6.45, 7) is 2.00. The highest BCUT2D eigenvalue weighted by molar-refractivity contribution is 6.92. The average molecular weight is 168 g/mol. The van der Waals surface area contributed by atoms with Crippen molar-refractivity contribution in [2.75, 3.05) is 14.1 Å². The van der Waals surface area contributed by atoms with Crippen molar-refractivity contribution in [3.8, 4) is 0 Å². The van der Waals surface area contributed by atoms with E-state index >= 15 is 0 Å². The molecule has 0 spiro atoms. The second-order valence-electron chi connectivity index (χ2n) is 1.94. The van der Waals surface area contributed by atoms with Crippen molar-refractivity contribution in [1.82, 2.24) is 15.6 Å². The Labute approximate surface area is 63.1 Å². The lowest BCUT2D eigenvalue weighted by molar-refractivity contribution is 0.308. The van der Waals surface area contributed by atoms with Gasteiger partial charge in [0.2, 0.25) is 0 Å². The zero-order chi connectivity index (χ0) is 7.33. The van der Waals surface area contributed by atoms with E-state index in [1.54, 1.807) is 0 Å². The van der Waals surface area contributed by atoms with Crippen LogP contribution in [0.25, 0.3) is 0 Å². The van der Waals surface area contributed by atoms with Gasteiger partial charge >= 0.3 is 0 Å². The van der Waals surface area contributed by atoms with Crippen LogP contribution in [0, 0.1) is 0 Å². The summed E-state index contributed by atoms with van der Waals surface area (Å²) < 4.78 is 0. The molecule has 9 heavy (non-hydrogen) atoms. The first-order valence-corrected chi connectivity index (χ1v) is 5.72. The molecule has 0 unspecified atom stereocenters. The van der Waals surface area contributed by atoms with Crippen LogP contribution in [0.1, 0.15) is 6.92 Å². The Hall–Kier alpha value is 0.387. The highest BCUT2D eigenvalue weighted by Gasteiger charge is 2.15. The molecule has 0 amide bonds. The molecule has 3 N–H and O–H groups in total. The minimum Gasteiger partial charge on any atom is -0.301 e. The Morgan fingerprint density at radius 1 is 1.33 bits per heavy atom. The summed E-state index contributed by atoms with van der Waals surface area (Å²) in [7, 11) is 3.14. The Bertz CT molecular complexity index is 76.2. The highest BCUT2D eigenvalue weighted by Crippen LogP contribution is 1.87. The zero-order valence-electron chi connectivity index (χ0n) is 6.09. The van der Waals surface area contributed by atoms with E-state index < -0.39 is 8.99 Å². The minimum absolute atomic E-state index is 0.187. The first kappa shape index (κ1) is 9.39. The summed E-state index contributed by atoms with van der Waals surface area (Å²) in [5, 5.41) is 6.11. The molecule has 0 fully saturated rings. The Morgan fingerprint density at radius 3 is 1.89 bits per heavy atom. The normalized spacial score (nSPS) is 13.3.